The summed E-state index contributed by atoms with van der Waals surface area (Å²) >= 11 is 1.55. The van der Waals surface area contributed by atoms with Crippen LogP contribution in [0, 0.1) is 5.82 Å². The van der Waals surface area contributed by atoms with Gasteiger partial charge in [0.25, 0.3) is 0 Å². The zero-order chi connectivity index (χ0) is 13.0. The van der Waals surface area contributed by atoms with Gasteiger partial charge >= 0.3 is 0 Å². The van der Waals surface area contributed by atoms with Gasteiger partial charge in [-0.1, -0.05) is 6.07 Å². The first-order valence-electron chi connectivity index (χ1n) is 5.84. The average Bonchev–Trinajstić information content (AvgIpc) is 2.80. The van der Waals surface area contributed by atoms with Crippen LogP contribution in [0.2, 0.25) is 0 Å². The lowest BCUT2D eigenvalue weighted by atomic mass is 10.2. The van der Waals surface area contributed by atoms with E-state index in [2.05, 4.69) is 15.6 Å². The number of rotatable bonds is 5. The zero-order valence-corrected chi connectivity index (χ0v) is 11.2. The van der Waals surface area contributed by atoms with Gasteiger partial charge in [-0.3, -0.25) is 0 Å². The van der Waals surface area contributed by atoms with Crippen LogP contribution in [-0.4, -0.2) is 11.0 Å². The smallest absolute Gasteiger partial charge is 0.148 e. The normalized spacial score (nSPS) is 10.7. The Labute approximate surface area is 110 Å². The van der Waals surface area contributed by atoms with Crippen molar-refractivity contribution in [3.63, 3.8) is 0 Å². The molecule has 0 bridgehead atoms. The van der Waals surface area contributed by atoms with Crippen LogP contribution in [0.4, 0.5) is 15.8 Å². The highest BCUT2D eigenvalue weighted by molar-refractivity contribution is 7.09. The molecule has 2 aromatic rings. The monoisotopic (exact) mass is 265 g/mol. The fraction of sp³-hybridized carbons (Fsp3) is 0.308. The Morgan fingerprint density at radius 2 is 2.22 bits per heavy atom. The molecule has 18 heavy (non-hydrogen) atoms. The van der Waals surface area contributed by atoms with E-state index in [1.165, 1.54) is 6.07 Å². The van der Waals surface area contributed by atoms with Crippen molar-refractivity contribution in [1.82, 2.24) is 4.98 Å². The number of anilines is 2. The van der Waals surface area contributed by atoms with Gasteiger partial charge in [0.15, 0.2) is 0 Å². The highest BCUT2D eigenvalue weighted by Crippen LogP contribution is 2.26. The first kappa shape index (κ1) is 12.8. The third-order valence-electron chi connectivity index (χ3n) is 2.36. The molecule has 1 heterocycles. The second-order valence-electron chi connectivity index (χ2n) is 4.24. The molecular formula is C13H16FN3S. The van der Waals surface area contributed by atoms with Gasteiger partial charge in [0.05, 0.1) is 17.9 Å². The van der Waals surface area contributed by atoms with E-state index in [0.29, 0.717) is 12.2 Å². The minimum absolute atomic E-state index is 0.253. The molecule has 0 aliphatic rings. The van der Waals surface area contributed by atoms with Gasteiger partial charge in [-0.05, 0) is 26.0 Å². The highest BCUT2D eigenvalue weighted by atomic mass is 32.1. The fourth-order valence-electron chi connectivity index (χ4n) is 1.64. The van der Waals surface area contributed by atoms with Crippen molar-refractivity contribution >= 4 is 22.7 Å². The minimum Gasteiger partial charge on any atom is -0.381 e. The van der Waals surface area contributed by atoms with Crippen LogP contribution in [-0.2, 0) is 6.54 Å². The SMILES string of the molecule is CC(C)Nc1cccc(F)c1NCc1nccs1. The third-order valence-corrected chi connectivity index (χ3v) is 3.14. The van der Waals surface area contributed by atoms with Gasteiger partial charge < -0.3 is 10.6 Å². The predicted molar refractivity (Wildman–Crippen MR) is 74.6 cm³/mol. The summed E-state index contributed by atoms with van der Waals surface area (Å²) in [5, 5.41) is 9.17. The summed E-state index contributed by atoms with van der Waals surface area (Å²) in [6.45, 7) is 4.58. The van der Waals surface area contributed by atoms with Gasteiger partial charge in [-0.25, -0.2) is 9.37 Å². The molecule has 5 heteroatoms. The lowest BCUT2D eigenvalue weighted by Gasteiger charge is -2.16. The van der Waals surface area contributed by atoms with Crippen molar-refractivity contribution in [2.75, 3.05) is 10.6 Å². The van der Waals surface area contributed by atoms with E-state index >= 15 is 0 Å². The molecule has 96 valence electrons. The second kappa shape index (κ2) is 5.82. The Hall–Kier alpha value is -1.62. The van der Waals surface area contributed by atoms with Gasteiger partial charge in [0.1, 0.15) is 10.8 Å². The largest absolute Gasteiger partial charge is 0.381 e. The maximum Gasteiger partial charge on any atom is 0.148 e. The molecule has 0 atom stereocenters. The molecule has 1 aromatic heterocycles. The maximum absolute atomic E-state index is 13.8. The molecule has 0 unspecified atom stereocenters. The molecule has 0 aliphatic heterocycles. The molecule has 0 fully saturated rings. The van der Waals surface area contributed by atoms with E-state index in [1.54, 1.807) is 23.6 Å². The fourth-order valence-corrected chi connectivity index (χ4v) is 2.20. The summed E-state index contributed by atoms with van der Waals surface area (Å²) in [7, 11) is 0. The quantitative estimate of drug-likeness (QED) is 0.865. The Balaban J connectivity index is 2.14. The van der Waals surface area contributed by atoms with Crippen molar-refractivity contribution < 1.29 is 4.39 Å². The van der Waals surface area contributed by atoms with E-state index in [9.17, 15) is 4.39 Å². The van der Waals surface area contributed by atoms with E-state index < -0.39 is 0 Å². The minimum atomic E-state index is -0.253. The van der Waals surface area contributed by atoms with Crippen LogP contribution in [0.1, 0.15) is 18.9 Å². The molecule has 0 saturated heterocycles. The summed E-state index contributed by atoms with van der Waals surface area (Å²) in [5.74, 6) is -0.253. The first-order chi connectivity index (χ1) is 8.66. The van der Waals surface area contributed by atoms with E-state index in [-0.39, 0.29) is 11.9 Å². The maximum atomic E-state index is 13.8. The van der Waals surface area contributed by atoms with Gasteiger partial charge in [0, 0.05) is 17.6 Å². The second-order valence-corrected chi connectivity index (χ2v) is 5.22. The van der Waals surface area contributed by atoms with Gasteiger partial charge in [-0.15, -0.1) is 11.3 Å². The molecule has 2 rings (SSSR count). The molecule has 0 aliphatic carbocycles. The Morgan fingerprint density at radius 3 is 2.89 bits per heavy atom. The highest BCUT2D eigenvalue weighted by Gasteiger charge is 2.09. The molecule has 3 nitrogen and oxygen atoms in total. The zero-order valence-electron chi connectivity index (χ0n) is 10.4. The molecule has 2 N–H and O–H groups in total. The lowest BCUT2D eigenvalue weighted by molar-refractivity contribution is 0.630. The van der Waals surface area contributed by atoms with E-state index in [1.807, 2.05) is 25.3 Å². The van der Waals surface area contributed by atoms with Crippen LogP contribution >= 0.6 is 11.3 Å². The predicted octanol–water partition coefficient (Wildman–Crippen LogP) is 3.71. The Morgan fingerprint density at radius 1 is 1.39 bits per heavy atom. The number of aromatic nitrogens is 1. The van der Waals surface area contributed by atoms with Crippen molar-refractivity contribution in [2.45, 2.75) is 26.4 Å². The number of hydrogen-bond acceptors (Lipinski definition) is 4. The van der Waals surface area contributed by atoms with Crippen LogP contribution in [0.25, 0.3) is 0 Å². The number of para-hydroxylation sites is 1. The summed E-state index contributed by atoms with van der Waals surface area (Å²) in [5.41, 5.74) is 1.28. The first-order valence-corrected chi connectivity index (χ1v) is 6.72. The average molecular weight is 265 g/mol. The number of nitrogens with one attached hydrogen (secondary N) is 2. The van der Waals surface area contributed by atoms with Crippen LogP contribution in [0.15, 0.2) is 29.8 Å². The molecule has 0 saturated carbocycles. The van der Waals surface area contributed by atoms with Crippen molar-refractivity contribution in [3.05, 3.63) is 40.6 Å². The number of halogens is 1. The number of thiazole rings is 1. The standard InChI is InChI=1S/C13H16FN3S/c1-9(2)17-11-5-3-4-10(14)13(11)16-8-12-15-6-7-18-12/h3-7,9,16-17H,8H2,1-2H3. The summed E-state index contributed by atoms with van der Waals surface area (Å²) in [6, 6.07) is 5.28. The summed E-state index contributed by atoms with van der Waals surface area (Å²) in [6.07, 6.45) is 1.75. The lowest BCUT2D eigenvalue weighted by Crippen LogP contribution is -2.13. The van der Waals surface area contributed by atoms with E-state index in [0.717, 1.165) is 10.7 Å². The molecule has 1 aromatic carbocycles. The summed E-state index contributed by atoms with van der Waals surface area (Å²) < 4.78 is 13.8. The van der Waals surface area contributed by atoms with Crippen molar-refractivity contribution in [1.29, 1.82) is 0 Å². The van der Waals surface area contributed by atoms with Crippen LogP contribution < -0.4 is 10.6 Å². The van der Waals surface area contributed by atoms with Gasteiger partial charge in [-0.2, -0.15) is 0 Å². The van der Waals surface area contributed by atoms with Crippen molar-refractivity contribution in [3.8, 4) is 0 Å². The third kappa shape index (κ3) is 3.20. The Kier molecular flexibility index (Phi) is 4.15. The van der Waals surface area contributed by atoms with Gasteiger partial charge in [0.2, 0.25) is 0 Å². The van der Waals surface area contributed by atoms with Crippen LogP contribution in [0.5, 0.6) is 0 Å². The van der Waals surface area contributed by atoms with E-state index in [4.69, 9.17) is 0 Å². The number of hydrogen-bond donors (Lipinski definition) is 2. The molecule has 0 spiro atoms. The Bertz CT molecular complexity index is 497. The topological polar surface area (TPSA) is 37.0 Å². The molecular weight excluding hydrogens is 249 g/mol. The molecule has 0 radical (unpaired) electrons. The number of nitrogens with zero attached hydrogens (tertiary/aromatic N) is 1. The van der Waals surface area contributed by atoms with Crippen LogP contribution in [0.3, 0.4) is 0 Å². The summed E-state index contributed by atoms with van der Waals surface area (Å²) in [4.78, 5) is 4.16. The number of benzene rings is 1. The molecule has 0 amide bonds. The van der Waals surface area contributed by atoms with Crippen molar-refractivity contribution in [2.24, 2.45) is 0 Å².